The van der Waals surface area contributed by atoms with E-state index in [1.165, 1.54) is 65.1 Å². The zero-order valence-corrected chi connectivity index (χ0v) is 56.5. The molecule has 476 valence electrons. The molecule has 0 saturated carbocycles. The minimum absolute atomic E-state index is 0.0189. The summed E-state index contributed by atoms with van der Waals surface area (Å²) in [6.45, 7) is 16.0. The summed E-state index contributed by atoms with van der Waals surface area (Å²) < 4.78 is 97.4. The van der Waals surface area contributed by atoms with Gasteiger partial charge in [-0.1, -0.05) is 87.8 Å². The van der Waals surface area contributed by atoms with Gasteiger partial charge in [0.25, 0.3) is 0 Å². The van der Waals surface area contributed by atoms with E-state index in [0.717, 1.165) is 0 Å². The number of para-hydroxylation sites is 2. The lowest BCUT2D eigenvalue weighted by Gasteiger charge is -2.31. The molecule has 0 aliphatic heterocycles. The topological polar surface area (TPSA) is 305 Å². The fourth-order valence-corrected chi connectivity index (χ4v) is 14.6. The van der Waals surface area contributed by atoms with Crippen molar-refractivity contribution in [3.8, 4) is 81.3 Å². The van der Waals surface area contributed by atoms with E-state index in [0.29, 0.717) is 91.9 Å². The Balaban J connectivity index is 0.000000256. The summed E-state index contributed by atoms with van der Waals surface area (Å²) in [7, 11) is -3.21. The Morgan fingerprint density at radius 2 is 0.789 bits per heavy atom. The molecule has 0 aliphatic carbocycles. The molecule has 4 heterocycles. The Bertz CT molecular complexity index is 3790. The van der Waals surface area contributed by atoms with Gasteiger partial charge in [-0.2, -0.15) is 10.5 Å². The summed E-state index contributed by atoms with van der Waals surface area (Å²) in [5.41, 5.74) is 3.01. The maximum absolute atomic E-state index is 14.6. The molecule has 0 amide bonds. The maximum atomic E-state index is 14.6. The average molecular weight is 1300 g/mol. The van der Waals surface area contributed by atoms with Crippen molar-refractivity contribution in [2.24, 2.45) is 0 Å². The van der Waals surface area contributed by atoms with Crippen LogP contribution in [-0.4, -0.2) is 149 Å². The van der Waals surface area contributed by atoms with Crippen LogP contribution < -0.4 is 37.0 Å². The minimum atomic E-state index is -4.30. The van der Waals surface area contributed by atoms with Gasteiger partial charge in [-0.3, -0.25) is 9.13 Å². The number of ether oxygens (including phenoxy) is 6. The SMILES string of the molecule is COc1cccc(-c2nnc(N(CC[Si](C)(C)C)S(=O)(=O)[C@@H](C)[C@@H](O)c3ccc(C#N)cc3)n2-c2c(OC)cccc2OC)n1.COc1cccc(-c2nnc(N(CC[Si](C)(C)C)S(=O)(=O)[C@@H](C)[C@H](O)c3ccc(C#N)cc3)n2-c2c(OC)cccc2OC)n1. The predicted molar refractivity (Wildman–Crippen MR) is 348 cm³/mol. The number of benzene rings is 4. The fraction of sp³-hybridized carbons (Fsp3) is 0.355. The van der Waals surface area contributed by atoms with Crippen molar-refractivity contribution in [3.05, 3.63) is 144 Å². The number of hydrogen-bond acceptors (Lipinski definition) is 20. The Morgan fingerprint density at radius 1 is 0.478 bits per heavy atom. The quantitative estimate of drug-likeness (QED) is 0.0476. The third kappa shape index (κ3) is 15.4. The van der Waals surface area contributed by atoms with E-state index in [-0.39, 0.29) is 36.6 Å². The molecular weight excluding hydrogens is 1230 g/mol. The van der Waals surface area contributed by atoms with Gasteiger partial charge in [0.15, 0.2) is 11.6 Å². The van der Waals surface area contributed by atoms with Crippen LogP contribution in [0.15, 0.2) is 121 Å². The number of nitrogens with zero attached hydrogens (tertiary/aromatic N) is 12. The second-order valence-electron chi connectivity index (χ2n) is 23.1. The number of pyridine rings is 2. The van der Waals surface area contributed by atoms with Crippen LogP contribution in [0.5, 0.6) is 34.8 Å². The van der Waals surface area contributed by atoms with E-state index in [2.05, 4.69) is 69.6 Å². The van der Waals surface area contributed by atoms with E-state index in [1.54, 1.807) is 130 Å². The van der Waals surface area contributed by atoms with Gasteiger partial charge >= 0.3 is 0 Å². The summed E-state index contributed by atoms with van der Waals surface area (Å²) in [6.07, 6.45) is -2.79. The van der Waals surface area contributed by atoms with Gasteiger partial charge in [0.1, 0.15) is 56.3 Å². The summed E-state index contributed by atoms with van der Waals surface area (Å²) in [5.74, 6) is 2.60. The van der Waals surface area contributed by atoms with Crippen LogP contribution in [0.2, 0.25) is 51.4 Å². The summed E-state index contributed by atoms with van der Waals surface area (Å²) in [5, 5.41) is 56.2. The molecule has 0 radical (unpaired) electrons. The first kappa shape index (κ1) is 68.6. The second-order valence-corrected chi connectivity index (χ2v) is 38.8. The molecule has 0 spiro atoms. The number of anilines is 2. The molecule has 0 fully saturated rings. The molecule has 8 rings (SSSR count). The van der Waals surface area contributed by atoms with E-state index in [9.17, 15) is 37.6 Å². The molecule has 0 saturated heterocycles. The van der Waals surface area contributed by atoms with Gasteiger partial charge in [0.2, 0.25) is 43.7 Å². The third-order valence-corrected chi connectivity index (χ3v) is 22.4. The zero-order valence-electron chi connectivity index (χ0n) is 52.8. The number of aromatic nitrogens is 8. The normalized spacial score (nSPS) is 13.0. The van der Waals surface area contributed by atoms with E-state index in [4.69, 9.17) is 28.4 Å². The average Bonchev–Trinajstić information content (AvgIpc) is 1.56. The van der Waals surface area contributed by atoms with Crippen molar-refractivity contribution in [2.75, 3.05) is 64.4 Å². The Kier molecular flexibility index (Phi) is 22.2. The molecule has 0 unspecified atom stereocenters. The summed E-state index contributed by atoms with van der Waals surface area (Å²) in [6, 6.07) is 38.3. The van der Waals surface area contributed by atoms with Crippen molar-refractivity contribution in [3.63, 3.8) is 0 Å². The van der Waals surface area contributed by atoms with Gasteiger partial charge < -0.3 is 38.6 Å². The first-order valence-corrected chi connectivity index (χ1v) is 38.9. The van der Waals surface area contributed by atoms with Crippen molar-refractivity contribution in [2.45, 2.75) is 87.9 Å². The van der Waals surface area contributed by atoms with Crippen LogP contribution in [0.25, 0.3) is 34.4 Å². The highest BCUT2D eigenvalue weighted by Crippen LogP contribution is 2.42. The lowest BCUT2D eigenvalue weighted by molar-refractivity contribution is 0.175. The molecule has 8 aromatic rings. The monoisotopic (exact) mass is 1300 g/mol. The lowest BCUT2D eigenvalue weighted by atomic mass is 10.1. The molecule has 2 N–H and O–H groups in total. The van der Waals surface area contributed by atoms with Crippen LogP contribution >= 0.6 is 0 Å². The van der Waals surface area contributed by atoms with Gasteiger partial charge in [-0.05, 0) is 97.7 Å². The fourth-order valence-electron chi connectivity index (χ4n) is 9.36. The molecule has 4 atom stereocenters. The number of sulfonamides is 2. The molecule has 4 aromatic carbocycles. The molecule has 24 nitrogen and oxygen atoms in total. The van der Waals surface area contributed by atoms with Crippen LogP contribution in [-0.2, 0) is 20.0 Å². The first-order chi connectivity index (χ1) is 42.7. The van der Waals surface area contributed by atoms with Crippen molar-refractivity contribution < 1.29 is 55.5 Å². The van der Waals surface area contributed by atoms with Gasteiger partial charge in [0, 0.05) is 41.4 Å². The molecule has 90 heavy (non-hydrogen) atoms. The summed E-state index contributed by atoms with van der Waals surface area (Å²) >= 11 is 0. The lowest BCUT2D eigenvalue weighted by Crippen LogP contribution is -2.44. The zero-order chi connectivity index (χ0) is 65.9. The highest BCUT2D eigenvalue weighted by molar-refractivity contribution is 7.93. The second kappa shape index (κ2) is 29.2. The number of methoxy groups -OCH3 is 6. The molecule has 0 bridgehead atoms. The predicted octanol–water partition coefficient (Wildman–Crippen LogP) is 9.65. The van der Waals surface area contributed by atoms with Gasteiger partial charge in [-0.15, -0.1) is 20.4 Å². The van der Waals surface area contributed by atoms with Gasteiger partial charge in [-0.25, -0.2) is 35.4 Å². The Labute approximate surface area is 528 Å². The van der Waals surface area contributed by atoms with Gasteiger partial charge in [0.05, 0.1) is 78.1 Å². The minimum Gasteiger partial charge on any atom is -0.494 e. The highest BCUT2D eigenvalue weighted by atomic mass is 32.2. The summed E-state index contributed by atoms with van der Waals surface area (Å²) in [4.78, 5) is 9.09. The van der Waals surface area contributed by atoms with E-state index < -0.39 is 58.9 Å². The number of aliphatic hydroxyl groups is 2. The van der Waals surface area contributed by atoms with Crippen LogP contribution in [0, 0.1) is 22.7 Å². The Morgan fingerprint density at radius 3 is 1.07 bits per heavy atom. The van der Waals surface area contributed by atoms with E-state index >= 15 is 0 Å². The number of rotatable bonds is 26. The standard InChI is InChI=1S/2C31H38N6O6SSi/c2*1-21(29(38)23-16-14-22(20-32)15-17-23)44(39,40)36(18-19-45(5,6)7)31-35-34-30(24-10-8-13-27(33-24)43-4)37(31)28-25(41-2)11-9-12-26(28)42-3/h2*8-17,21,29,38H,18-19H2,1-7H3/t21-,29+;21-,29-/m00/s1. The smallest absolute Gasteiger partial charge is 0.246 e. The van der Waals surface area contributed by atoms with Crippen molar-refractivity contribution in [1.29, 1.82) is 10.5 Å². The van der Waals surface area contributed by atoms with Crippen LogP contribution in [0.3, 0.4) is 0 Å². The number of hydrogen-bond donors (Lipinski definition) is 2. The maximum Gasteiger partial charge on any atom is 0.246 e. The largest absolute Gasteiger partial charge is 0.494 e. The molecule has 0 aliphatic rings. The molecular formula is C62H76N12O12S2Si2. The molecule has 4 aromatic heterocycles. The van der Waals surface area contributed by atoms with Crippen molar-refractivity contribution >= 4 is 48.1 Å². The molecule has 28 heteroatoms. The van der Waals surface area contributed by atoms with Crippen molar-refractivity contribution in [1.82, 2.24) is 39.5 Å². The number of aliphatic hydroxyl groups excluding tert-OH is 2. The van der Waals surface area contributed by atoms with Crippen LogP contribution in [0.4, 0.5) is 11.9 Å². The van der Waals surface area contributed by atoms with Crippen LogP contribution in [0.1, 0.15) is 48.3 Å². The Hall–Kier alpha value is -8.91. The third-order valence-electron chi connectivity index (χ3n) is 14.6. The number of nitriles is 2. The first-order valence-electron chi connectivity index (χ1n) is 28.5. The highest BCUT2D eigenvalue weighted by Gasteiger charge is 2.42. The van der Waals surface area contributed by atoms with E-state index in [1.807, 2.05) is 12.1 Å².